The molecule has 0 atom stereocenters. The summed E-state index contributed by atoms with van der Waals surface area (Å²) in [6.07, 6.45) is 0. The monoisotopic (exact) mass is 219 g/mol. The van der Waals surface area contributed by atoms with Crippen LogP contribution < -0.4 is 15.5 Å². The Morgan fingerprint density at radius 3 is 2.88 bits per heavy atom. The van der Waals surface area contributed by atoms with Gasteiger partial charge in [-0.3, -0.25) is 4.79 Å². The van der Waals surface area contributed by atoms with Crippen LogP contribution in [0.4, 0.5) is 5.88 Å². The Morgan fingerprint density at radius 1 is 1.38 bits per heavy atom. The number of rotatable bonds is 3. The molecule has 2 rings (SSSR count). The predicted molar refractivity (Wildman–Crippen MR) is 63.2 cm³/mol. The number of nitrogens with one attached hydrogen (secondary N) is 1. The molecule has 0 saturated carbocycles. The molecule has 1 aromatic carbocycles. The second-order valence-corrected chi connectivity index (χ2v) is 3.37. The van der Waals surface area contributed by atoms with Crippen LogP contribution in [-0.2, 0) is 0 Å². The highest BCUT2D eigenvalue weighted by Gasteiger charge is 2.05. The van der Waals surface area contributed by atoms with Crippen LogP contribution in [0, 0.1) is 0 Å². The second kappa shape index (κ2) is 4.26. The molecular weight excluding hydrogens is 206 g/mol. The maximum absolute atomic E-state index is 11.7. The van der Waals surface area contributed by atoms with Gasteiger partial charge < -0.3 is 14.5 Å². The lowest BCUT2D eigenvalue weighted by atomic mass is 10.2. The molecule has 0 fully saturated rings. The molecule has 2 aromatic rings. The number of benzene rings is 1. The molecule has 0 unspecified atom stereocenters. The number of hydrogen-bond donors (Lipinski definition) is 1. The Bertz CT molecular complexity index is 560. The number of fused-ring (bicyclic) bond motifs is 1. The summed E-state index contributed by atoms with van der Waals surface area (Å²) < 4.78 is 10.6. The molecule has 16 heavy (non-hydrogen) atoms. The van der Waals surface area contributed by atoms with Gasteiger partial charge in [0.15, 0.2) is 11.3 Å². The Kier molecular flexibility index (Phi) is 2.81. The van der Waals surface area contributed by atoms with E-state index in [-0.39, 0.29) is 5.43 Å². The molecule has 0 spiro atoms. The summed E-state index contributed by atoms with van der Waals surface area (Å²) in [6, 6.07) is 6.61. The third-order valence-corrected chi connectivity index (χ3v) is 2.29. The van der Waals surface area contributed by atoms with Crippen LogP contribution in [0.3, 0.4) is 0 Å². The van der Waals surface area contributed by atoms with E-state index >= 15 is 0 Å². The molecule has 0 aliphatic rings. The fraction of sp³-hybridized carbons (Fsp3) is 0.250. The minimum Gasteiger partial charge on any atom is -0.497 e. The summed E-state index contributed by atoms with van der Waals surface area (Å²) in [5.41, 5.74) is 0.475. The zero-order valence-corrected chi connectivity index (χ0v) is 9.24. The summed E-state index contributed by atoms with van der Waals surface area (Å²) >= 11 is 0. The highest BCUT2D eigenvalue weighted by molar-refractivity contribution is 5.79. The van der Waals surface area contributed by atoms with Gasteiger partial charge in [-0.15, -0.1) is 0 Å². The van der Waals surface area contributed by atoms with E-state index in [0.717, 1.165) is 0 Å². The first kappa shape index (κ1) is 10.5. The summed E-state index contributed by atoms with van der Waals surface area (Å²) in [6.45, 7) is 2.65. The molecule has 0 aliphatic carbocycles. The second-order valence-electron chi connectivity index (χ2n) is 3.37. The van der Waals surface area contributed by atoms with Crippen LogP contribution in [0.1, 0.15) is 6.92 Å². The summed E-state index contributed by atoms with van der Waals surface area (Å²) in [4.78, 5) is 11.7. The van der Waals surface area contributed by atoms with Gasteiger partial charge in [-0.05, 0) is 19.1 Å². The Hall–Kier alpha value is -1.97. The van der Waals surface area contributed by atoms with Crippen molar-refractivity contribution in [1.29, 1.82) is 0 Å². The van der Waals surface area contributed by atoms with Gasteiger partial charge in [-0.25, -0.2) is 0 Å². The minimum absolute atomic E-state index is 0.0557. The first-order chi connectivity index (χ1) is 7.74. The SMILES string of the molecule is CCNc1cc(=O)c2ccc(OC)cc2o1. The van der Waals surface area contributed by atoms with Crippen molar-refractivity contribution in [2.24, 2.45) is 0 Å². The molecule has 4 nitrogen and oxygen atoms in total. The van der Waals surface area contributed by atoms with E-state index < -0.39 is 0 Å². The van der Waals surface area contributed by atoms with Crippen LogP contribution in [0.5, 0.6) is 5.75 Å². The molecular formula is C12H13NO3. The van der Waals surface area contributed by atoms with E-state index in [0.29, 0.717) is 29.1 Å². The van der Waals surface area contributed by atoms with Crippen molar-refractivity contribution in [2.45, 2.75) is 6.92 Å². The summed E-state index contributed by atoms with van der Waals surface area (Å²) in [5, 5.41) is 3.53. The first-order valence-corrected chi connectivity index (χ1v) is 5.10. The fourth-order valence-corrected chi connectivity index (χ4v) is 1.52. The molecule has 0 radical (unpaired) electrons. The van der Waals surface area contributed by atoms with Crippen LogP contribution >= 0.6 is 0 Å². The van der Waals surface area contributed by atoms with Gasteiger partial charge in [0.25, 0.3) is 0 Å². The number of hydrogen-bond acceptors (Lipinski definition) is 4. The van der Waals surface area contributed by atoms with E-state index in [9.17, 15) is 4.79 Å². The van der Waals surface area contributed by atoms with Crippen molar-refractivity contribution in [3.8, 4) is 5.75 Å². The lowest BCUT2D eigenvalue weighted by molar-refractivity contribution is 0.414. The number of anilines is 1. The quantitative estimate of drug-likeness (QED) is 0.860. The molecule has 4 heteroatoms. The Labute approximate surface area is 92.8 Å². The van der Waals surface area contributed by atoms with Crippen molar-refractivity contribution < 1.29 is 9.15 Å². The topological polar surface area (TPSA) is 51.5 Å². The van der Waals surface area contributed by atoms with Crippen LogP contribution in [0.2, 0.25) is 0 Å². The lowest BCUT2D eigenvalue weighted by Gasteiger charge is -2.05. The van der Waals surface area contributed by atoms with Gasteiger partial charge in [0.2, 0.25) is 0 Å². The highest BCUT2D eigenvalue weighted by atomic mass is 16.5. The van der Waals surface area contributed by atoms with Crippen LogP contribution in [0.15, 0.2) is 33.5 Å². The van der Waals surface area contributed by atoms with E-state index in [1.165, 1.54) is 6.07 Å². The Morgan fingerprint density at radius 2 is 2.19 bits per heavy atom. The van der Waals surface area contributed by atoms with Gasteiger partial charge in [0.05, 0.1) is 12.5 Å². The normalized spacial score (nSPS) is 10.4. The molecule has 1 heterocycles. The number of methoxy groups -OCH3 is 1. The summed E-state index contributed by atoms with van der Waals surface area (Å²) in [5.74, 6) is 1.15. The average Bonchev–Trinajstić information content (AvgIpc) is 2.28. The van der Waals surface area contributed by atoms with Crippen molar-refractivity contribution in [1.82, 2.24) is 0 Å². The standard InChI is InChI=1S/C12H13NO3/c1-3-13-12-7-10(14)9-5-4-8(15-2)6-11(9)16-12/h4-7,13H,3H2,1-2H3. The molecule has 0 amide bonds. The number of ether oxygens (including phenoxy) is 1. The molecule has 1 N–H and O–H groups in total. The van der Waals surface area contributed by atoms with Crippen LogP contribution in [0.25, 0.3) is 11.0 Å². The van der Waals surface area contributed by atoms with Gasteiger partial charge in [0, 0.05) is 18.7 Å². The summed E-state index contributed by atoms with van der Waals surface area (Å²) in [7, 11) is 1.58. The zero-order chi connectivity index (χ0) is 11.5. The molecule has 1 aromatic heterocycles. The van der Waals surface area contributed by atoms with Gasteiger partial charge in [0.1, 0.15) is 11.3 Å². The van der Waals surface area contributed by atoms with Gasteiger partial charge >= 0.3 is 0 Å². The first-order valence-electron chi connectivity index (χ1n) is 5.10. The van der Waals surface area contributed by atoms with Crippen molar-refractivity contribution in [2.75, 3.05) is 19.0 Å². The average molecular weight is 219 g/mol. The maximum atomic E-state index is 11.7. The van der Waals surface area contributed by atoms with E-state index in [1.807, 2.05) is 6.92 Å². The maximum Gasteiger partial charge on any atom is 0.197 e. The van der Waals surface area contributed by atoms with E-state index in [4.69, 9.17) is 9.15 Å². The highest BCUT2D eigenvalue weighted by Crippen LogP contribution is 2.20. The molecule has 0 saturated heterocycles. The third kappa shape index (κ3) is 1.86. The smallest absolute Gasteiger partial charge is 0.197 e. The zero-order valence-electron chi connectivity index (χ0n) is 9.24. The van der Waals surface area contributed by atoms with E-state index in [2.05, 4.69) is 5.32 Å². The molecule has 0 bridgehead atoms. The van der Waals surface area contributed by atoms with Crippen molar-refractivity contribution in [3.05, 3.63) is 34.5 Å². The Balaban J connectivity index is 2.63. The fourth-order valence-electron chi connectivity index (χ4n) is 1.52. The minimum atomic E-state index is -0.0557. The third-order valence-electron chi connectivity index (χ3n) is 2.29. The lowest BCUT2D eigenvalue weighted by Crippen LogP contribution is -2.04. The van der Waals surface area contributed by atoms with Crippen molar-refractivity contribution in [3.63, 3.8) is 0 Å². The van der Waals surface area contributed by atoms with Crippen LogP contribution in [-0.4, -0.2) is 13.7 Å². The van der Waals surface area contributed by atoms with Gasteiger partial charge in [-0.2, -0.15) is 0 Å². The molecule has 84 valence electrons. The molecule has 0 aliphatic heterocycles. The van der Waals surface area contributed by atoms with E-state index in [1.54, 1.807) is 25.3 Å². The predicted octanol–water partition coefficient (Wildman–Crippen LogP) is 2.23. The van der Waals surface area contributed by atoms with Gasteiger partial charge in [-0.1, -0.05) is 0 Å². The van der Waals surface area contributed by atoms with Crippen molar-refractivity contribution >= 4 is 16.9 Å². The largest absolute Gasteiger partial charge is 0.497 e.